The Morgan fingerprint density at radius 1 is 0.171 bits per heavy atom. The Kier molecular flexibility index (Phi) is 104. The molecule has 10 heteroatoms. The second kappa shape index (κ2) is 90.5. The maximum atomic E-state index is 10.2. The molecule has 0 spiro atoms. The summed E-state index contributed by atoms with van der Waals surface area (Å²) in [4.78, 5) is 40.9. The van der Waals surface area contributed by atoms with Crippen LogP contribution in [-0.4, -0.2) is 110 Å². The average molecular weight is 1310 g/mol. The molecule has 0 heterocycles. The fraction of sp³-hybridized carbons (Fsp3) is 0.944. The Bertz CT molecular complexity index is 998. The Labute approximate surface area is 582 Å². The molecule has 0 unspecified atom stereocenters. The Balaban J connectivity index is -0.000000233. The third kappa shape index (κ3) is 109. The monoisotopic (exact) mass is 1310 g/mol. The number of hydrogen-bond acceptors (Lipinski definition) is 8. The first-order valence-corrected chi connectivity index (χ1v) is 35.9. The number of unbranched alkanes of at least 4 members (excludes halogenated alkanes) is 56. The minimum Gasteiger partial charge on any atom is -0.550 e. The first-order valence-electron chi connectivity index (χ1n) is 35.9. The van der Waals surface area contributed by atoms with Crippen LogP contribution >= 0.6 is 0 Å². The van der Waals surface area contributed by atoms with Gasteiger partial charge in [0.1, 0.15) is 0 Å². The van der Waals surface area contributed by atoms with E-state index in [1.807, 2.05) is 0 Å². The second-order valence-electron chi connectivity index (χ2n) is 24.3. The quantitative estimate of drug-likeness (QED) is 0.0430. The zero-order valence-electron chi connectivity index (χ0n) is 55.9. The molecule has 0 rings (SSSR count). The molecule has 0 amide bonds. The molecule has 0 atom stereocenters. The fourth-order valence-electron chi connectivity index (χ4n) is 10.6. The van der Waals surface area contributed by atoms with E-state index in [1.54, 1.807) is 0 Å². The normalized spacial score (nSPS) is 10.6. The summed E-state index contributed by atoms with van der Waals surface area (Å²) < 4.78 is 0. The van der Waals surface area contributed by atoms with Gasteiger partial charge in [-0.1, -0.05) is 387 Å². The van der Waals surface area contributed by atoms with Crippen LogP contribution in [0.5, 0.6) is 0 Å². The molecule has 0 aromatic carbocycles. The van der Waals surface area contributed by atoms with Gasteiger partial charge in [-0.25, -0.2) is 0 Å². The molecule has 0 aliphatic carbocycles. The van der Waals surface area contributed by atoms with Gasteiger partial charge >= 0.3 is 86.6 Å². The zero-order chi connectivity index (χ0) is 59.6. The molecule has 0 N–H and O–H groups in total. The predicted octanol–water partition coefficient (Wildman–Crippen LogP) is 19.2. The van der Waals surface area contributed by atoms with E-state index in [0.29, 0.717) is 0 Å². The standard InChI is InChI=1S/4C18H36O2.Ba.Ca/c4*1-2-3-4-5-6-7-8-9-10-11-12-13-14-15-16-17-18(19)20;;/h4*2-17H2,1H3,(H,19,20);;/q;;;;2*+2/p-4. The van der Waals surface area contributed by atoms with Crippen LogP contribution < -0.4 is 20.4 Å². The molecule has 0 saturated heterocycles. The average Bonchev–Trinajstić information content (AvgIpc) is 3.43. The van der Waals surface area contributed by atoms with Gasteiger partial charge in [0.25, 0.3) is 0 Å². The van der Waals surface area contributed by atoms with Gasteiger partial charge in [-0.15, -0.1) is 0 Å². The molecule has 0 aliphatic heterocycles. The summed E-state index contributed by atoms with van der Waals surface area (Å²) in [5.41, 5.74) is 0. The summed E-state index contributed by atoms with van der Waals surface area (Å²) >= 11 is 0. The maximum absolute atomic E-state index is 10.2. The molecule has 0 aliphatic rings. The van der Waals surface area contributed by atoms with Crippen LogP contribution in [0.4, 0.5) is 0 Å². The van der Waals surface area contributed by atoms with Crippen molar-refractivity contribution in [2.24, 2.45) is 0 Å². The van der Waals surface area contributed by atoms with Crippen molar-refractivity contribution in [3.05, 3.63) is 0 Å². The van der Waals surface area contributed by atoms with Crippen molar-refractivity contribution < 1.29 is 39.6 Å². The predicted molar refractivity (Wildman–Crippen MR) is 350 cm³/mol. The van der Waals surface area contributed by atoms with Crippen LogP contribution in [0, 0.1) is 0 Å². The molecule has 82 heavy (non-hydrogen) atoms. The second-order valence-corrected chi connectivity index (χ2v) is 24.3. The van der Waals surface area contributed by atoms with Crippen LogP contribution in [0.25, 0.3) is 0 Å². The molecule has 0 radical (unpaired) electrons. The van der Waals surface area contributed by atoms with E-state index in [2.05, 4.69) is 27.7 Å². The van der Waals surface area contributed by atoms with Gasteiger partial charge in [0.05, 0.1) is 0 Å². The van der Waals surface area contributed by atoms with Crippen LogP contribution in [0.2, 0.25) is 0 Å². The molecule has 0 aromatic rings. The third-order valence-corrected chi connectivity index (χ3v) is 15.9. The summed E-state index contributed by atoms with van der Waals surface area (Å²) in [5.74, 6) is -3.61. The Hall–Kier alpha value is 0.711. The van der Waals surface area contributed by atoms with Gasteiger partial charge < -0.3 is 39.6 Å². The van der Waals surface area contributed by atoms with Crippen molar-refractivity contribution in [2.75, 3.05) is 0 Å². The Morgan fingerprint density at radius 2 is 0.244 bits per heavy atom. The molecular formula is C72H140BaCaO8. The smallest absolute Gasteiger partial charge is 0.550 e. The van der Waals surface area contributed by atoms with Crippen molar-refractivity contribution in [3.63, 3.8) is 0 Å². The largest absolute Gasteiger partial charge is 2.00 e. The van der Waals surface area contributed by atoms with Crippen LogP contribution in [-0.2, 0) is 19.2 Å². The summed E-state index contributed by atoms with van der Waals surface area (Å²) in [6, 6.07) is 0. The van der Waals surface area contributed by atoms with Crippen molar-refractivity contribution >= 4 is 110 Å². The van der Waals surface area contributed by atoms with E-state index in [9.17, 15) is 39.6 Å². The zero-order valence-corrected chi connectivity index (χ0v) is 62.6. The first kappa shape index (κ1) is 93.8. The van der Waals surface area contributed by atoms with E-state index in [0.717, 1.165) is 51.4 Å². The molecule has 0 fully saturated rings. The van der Waals surface area contributed by atoms with Crippen molar-refractivity contribution in [2.45, 2.75) is 439 Å². The van der Waals surface area contributed by atoms with E-state index in [4.69, 9.17) is 0 Å². The minimum absolute atomic E-state index is 0. The van der Waals surface area contributed by atoms with Gasteiger partial charge in [0.2, 0.25) is 0 Å². The molecular weight excluding hydrogens is 1170 g/mol. The third-order valence-electron chi connectivity index (χ3n) is 15.9. The topological polar surface area (TPSA) is 161 Å². The first-order chi connectivity index (χ1) is 39.1. The van der Waals surface area contributed by atoms with Gasteiger partial charge in [0.15, 0.2) is 0 Å². The summed E-state index contributed by atoms with van der Waals surface area (Å²) in [6.07, 6.45) is 79.4. The SMILES string of the molecule is CCCCCCCCCCCCCCCCCC(=O)[O-].CCCCCCCCCCCCCCCCCC(=O)[O-].CCCCCCCCCCCCCCCCCC(=O)[O-].CCCCCCCCCCCCCCCCCC(=O)[O-].[Ba+2].[Ca+2]. The van der Waals surface area contributed by atoms with Gasteiger partial charge in [-0.05, 0) is 51.4 Å². The number of carbonyl (C=O) groups is 4. The van der Waals surface area contributed by atoms with E-state index < -0.39 is 23.9 Å². The van der Waals surface area contributed by atoms with Crippen LogP contribution in [0.3, 0.4) is 0 Å². The molecule has 0 bridgehead atoms. The van der Waals surface area contributed by atoms with Crippen LogP contribution in [0.1, 0.15) is 439 Å². The van der Waals surface area contributed by atoms with E-state index >= 15 is 0 Å². The van der Waals surface area contributed by atoms with Gasteiger partial charge in [-0.3, -0.25) is 0 Å². The number of carbonyl (C=O) groups excluding carboxylic acids is 4. The molecule has 480 valence electrons. The minimum atomic E-state index is -0.903. The number of hydrogen-bond donors (Lipinski definition) is 0. The summed E-state index contributed by atoms with van der Waals surface area (Å²) in [5, 5.41) is 40.9. The maximum Gasteiger partial charge on any atom is 2.00 e. The molecule has 0 aromatic heterocycles. The molecule has 0 saturated carbocycles. The molecule has 8 nitrogen and oxygen atoms in total. The van der Waals surface area contributed by atoms with E-state index in [-0.39, 0.29) is 112 Å². The van der Waals surface area contributed by atoms with Crippen molar-refractivity contribution in [1.82, 2.24) is 0 Å². The van der Waals surface area contributed by atoms with Crippen molar-refractivity contribution in [3.8, 4) is 0 Å². The summed E-state index contributed by atoms with van der Waals surface area (Å²) in [6.45, 7) is 9.07. The Morgan fingerprint density at radius 3 is 0.317 bits per heavy atom. The fourth-order valence-corrected chi connectivity index (χ4v) is 10.6. The van der Waals surface area contributed by atoms with Crippen LogP contribution in [0.15, 0.2) is 0 Å². The number of rotatable bonds is 64. The van der Waals surface area contributed by atoms with Crippen molar-refractivity contribution in [1.29, 1.82) is 0 Å². The number of carboxylic acid groups (broad SMARTS) is 4. The number of aliphatic carboxylic acids is 4. The van der Waals surface area contributed by atoms with Gasteiger partial charge in [0, 0.05) is 23.9 Å². The summed E-state index contributed by atoms with van der Waals surface area (Å²) in [7, 11) is 0. The number of carboxylic acids is 4. The van der Waals surface area contributed by atoms with E-state index in [1.165, 1.54) is 334 Å². The van der Waals surface area contributed by atoms with Gasteiger partial charge in [-0.2, -0.15) is 0 Å².